The molecule has 0 radical (unpaired) electrons. The van der Waals surface area contributed by atoms with Crippen molar-refractivity contribution in [3.8, 4) is 22.5 Å². The number of likely N-dealkylation sites (N-methyl/N-ethyl adjacent to an activating group) is 1. The fourth-order valence-corrected chi connectivity index (χ4v) is 3.70. The highest BCUT2D eigenvalue weighted by atomic mass is 19.1. The van der Waals surface area contributed by atoms with Gasteiger partial charge < -0.3 is 14.4 Å². The molecule has 1 saturated heterocycles. The fraction of sp³-hybridized carbons (Fsp3) is 0.318. The molecule has 7 heteroatoms. The Morgan fingerprint density at radius 3 is 2.55 bits per heavy atom. The minimum atomic E-state index is -0.320. The van der Waals surface area contributed by atoms with Crippen LogP contribution in [0.25, 0.3) is 22.5 Å². The first-order valence-electron chi connectivity index (χ1n) is 9.63. The van der Waals surface area contributed by atoms with Crippen molar-refractivity contribution < 1.29 is 9.18 Å². The number of benzene rings is 1. The van der Waals surface area contributed by atoms with Gasteiger partial charge in [0.15, 0.2) is 5.82 Å². The molecule has 1 aliphatic heterocycles. The standard InChI is InChI=1S/C22H24FN5O/c1-26(2)19-7-8-28(14-19)22(29)20-10-16(13-27(20)3)17-11-24-21(25-12-17)15-5-4-6-18(23)9-15/h4-6,9-13,19H,7-8,14H2,1-3H3/t19-/m0/s1. The van der Waals surface area contributed by atoms with E-state index in [2.05, 4.69) is 14.9 Å². The highest BCUT2D eigenvalue weighted by Gasteiger charge is 2.29. The molecule has 1 atom stereocenters. The molecule has 2 aromatic heterocycles. The van der Waals surface area contributed by atoms with Crippen LogP contribution in [0.3, 0.4) is 0 Å². The summed E-state index contributed by atoms with van der Waals surface area (Å²) in [6, 6.07) is 8.49. The lowest BCUT2D eigenvalue weighted by molar-refractivity contribution is 0.0773. The van der Waals surface area contributed by atoms with Gasteiger partial charge in [0, 0.05) is 61.5 Å². The highest BCUT2D eigenvalue weighted by Crippen LogP contribution is 2.24. The largest absolute Gasteiger partial charge is 0.346 e. The van der Waals surface area contributed by atoms with Crippen molar-refractivity contribution in [2.75, 3.05) is 27.2 Å². The maximum atomic E-state index is 13.4. The Bertz CT molecular complexity index is 1030. The lowest BCUT2D eigenvalue weighted by Gasteiger charge is -2.20. The van der Waals surface area contributed by atoms with E-state index in [1.165, 1.54) is 12.1 Å². The van der Waals surface area contributed by atoms with Crippen LogP contribution in [0.15, 0.2) is 48.9 Å². The summed E-state index contributed by atoms with van der Waals surface area (Å²) in [5, 5.41) is 0. The van der Waals surface area contributed by atoms with Gasteiger partial charge >= 0.3 is 0 Å². The van der Waals surface area contributed by atoms with Crippen molar-refractivity contribution in [2.45, 2.75) is 12.5 Å². The van der Waals surface area contributed by atoms with Gasteiger partial charge in [0.1, 0.15) is 11.5 Å². The van der Waals surface area contributed by atoms with Crippen molar-refractivity contribution in [1.29, 1.82) is 0 Å². The zero-order valence-corrected chi connectivity index (χ0v) is 16.8. The second-order valence-electron chi connectivity index (χ2n) is 7.69. The van der Waals surface area contributed by atoms with E-state index in [0.717, 1.165) is 30.6 Å². The summed E-state index contributed by atoms with van der Waals surface area (Å²) in [5.74, 6) is 0.187. The van der Waals surface area contributed by atoms with Gasteiger partial charge in [0.05, 0.1) is 0 Å². The maximum absolute atomic E-state index is 13.4. The maximum Gasteiger partial charge on any atom is 0.270 e. The van der Waals surface area contributed by atoms with Gasteiger partial charge in [-0.3, -0.25) is 4.79 Å². The van der Waals surface area contributed by atoms with Crippen LogP contribution in [0, 0.1) is 5.82 Å². The van der Waals surface area contributed by atoms with Gasteiger partial charge in [-0.05, 0) is 38.7 Å². The number of nitrogens with zero attached hydrogens (tertiary/aromatic N) is 5. The SMILES string of the molecule is CN(C)[C@H]1CCN(C(=O)c2cc(-c3cnc(-c4cccc(F)c4)nc3)cn2C)C1. The van der Waals surface area contributed by atoms with E-state index >= 15 is 0 Å². The number of rotatable bonds is 4. The minimum absolute atomic E-state index is 0.0420. The summed E-state index contributed by atoms with van der Waals surface area (Å²) in [7, 11) is 5.97. The Balaban J connectivity index is 1.54. The Kier molecular flexibility index (Phi) is 5.15. The Morgan fingerprint density at radius 1 is 1.14 bits per heavy atom. The molecule has 1 amide bonds. The summed E-state index contributed by atoms with van der Waals surface area (Å²) in [6.45, 7) is 1.52. The van der Waals surface area contributed by atoms with Crippen molar-refractivity contribution in [3.63, 3.8) is 0 Å². The van der Waals surface area contributed by atoms with Crippen LogP contribution >= 0.6 is 0 Å². The van der Waals surface area contributed by atoms with Crippen LogP contribution in [-0.4, -0.2) is 63.5 Å². The number of carbonyl (C=O) groups excluding carboxylic acids is 1. The van der Waals surface area contributed by atoms with E-state index in [4.69, 9.17) is 0 Å². The first-order valence-corrected chi connectivity index (χ1v) is 9.63. The van der Waals surface area contributed by atoms with E-state index < -0.39 is 0 Å². The number of amides is 1. The van der Waals surface area contributed by atoms with E-state index in [9.17, 15) is 9.18 Å². The Morgan fingerprint density at radius 2 is 1.90 bits per heavy atom. The zero-order chi connectivity index (χ0) is 20.5. The summed E-state index contributed by atoms with van der Waals surface area (Å²) >= 11 is 0. The third kappa shape index (κ3) is 3.91. The first kappa shape index (κ1) is 19.3. The molecule has 6 nitrogen and oxygen atoms in total. The molecular formula is C22H24FN5O. The third-order valence-electron chi connectivity index (χ3n) is 5.47. The predicted molar refractivity (Wildman–Crippen MR) is 110 cm³/mol. The molecule has 0 unspecified atom stereocenters. The Hall–Kier alpha value is -3.06. The summed E-state index contributed by atoms with van der Waals surface area (Å²) in [4.78, 5) is 25.8. The van der Waals surface area contributed by atoms with Gasteiger partial charge in [-0.25, -0.2) is 14.4 Å². The van der Waals surface area contributed by atoms with E-state index in [1.807, 2.05) is 42.9 Å². The highest BCUT2D eigenvalue weighted by molar-refractivity contribution is 5.94. The predicted octanol–water partition coefficient (Wildman–Crippen LogP) is 3.06. The van der Waals surface area contributed by atoms with Crippen LogP contribution in [-0.2, 0) is 7.05 Å². The normalized spacial score (nSPS) is 16.6. The minimum Gasteiger partial charge on any atom is -0.346 e. The molecule has 0 bridgehead atoms. The molecule has 4 rings (SSSR count). The fourth-order valence-electron chi connectivity index (χ4n) is 3.70. The van der Waals surface area contributed by atoms with Gasteiger partial charge in [0.25, 0.3) is 5.91 Å². The van der Waals surface area contributed by atoms with E-state index in [-0.39, 0.29) is 11.7 Å². The molecule has 3 heterocycles. The number of halogens is 1. The van der Waals surface area contributed by atoms with Crippen molar-refractivity contribution in [1.82, 2.24) is 24.3 Å². The molecular weight excluding hydrogens is 369 g/mol. The van der Waals surface area contributed by atoms with Crippen LogP contribution in [0.5, 0.6) is 0 Å². The van der Waals surface area contributed by atoms with Gasteiger partial charge in [-0.1, -0.05) is 12.1 Å². The van der Waals surface area contributed by atoms with Crippen molar-refractivity contribution in [3.05, 3.63) is 60.4 Å². The average Bonchev–Trinajstić information content (AvgIpc) is 3.35. The second kappa shape index (κ2) is 7.75. The summed E-state index contributed by atoms with van der Waals surface area (Å²) < 4.78 is 15.3. The summed E-state index contributed by atoms with van der Waals surface area (Å²) in [6.07, 6.45) is 6.31. The monoisotopic (exact) mass is 393 g/mol. The summed E-state index contributed by atoms with van der Waals surface area (Å²) in [5.41, 5.74) is 2.97. The Labute approximate surface area is 169 Å². The number of hydrogen-bond donors (Lipinski definition) is 0. The van der Waals surface area contributed by atoms with Crippen LogP contribution in [0.4, 0.5) is 4.39 Å². The smallest absolute Gasteiger partial charge is 0.270 e. The van der Waals surface area contributed by atoms with Crippen LogP contribution < -0.4 is 0 Å². The molecule has 0 aliphatic carbocycles. The van der Waals surface area contributed by atoms with Crippen molar-refractivity contribution >= 4 is 5.91 Å². The number of hydrogen-bond acceptors (Lipinski definition) is 4. The molecule has 1 fully saturated rings. The average molecular weight is 393 g/mol. The van der Waals surface area contributed by atoms with Gasteiger partial charge in [-0.2, -0.15) is 0 Å². The molecule has 1 aliphatic rings. The number of carbonyl (C=O) groups is 1. The molecule has 150 valence electrons. The molecule has 29 heavy (non-hydrogen) atoms. The van der Waals surface area contributed by atoms with Crippen LogP contribution in [0.2, 0.25) is 0 Å². The van der Waals surface area contributed by atoms with E-state index in [1.54, 1.807) is 24.5 Å². The topological polar surface area (TPSA) is 54.3 Å². The molecule has 1 aromatic carbocycles. The second-order valence-corrected chi connectivity index (χ2v) is 7.69. The van der Waals surface area contributed by atoms with Gasteiger partial charge in [-0.15, -0.1) is 0 Å². The lowest BCUT2D eigenvalue weighted by Crippen LogP contribution is -2.35. The number of likely N-dealkylation sites (tertiary alicyclic amines) is 1. The van der Waals surface area contributed by atoms with Crippen LogP contribution in [0.1, 0.15) is 16.9 Å². The number of aryl methyl sites for hydroxylation is 1. The molecule has 0 spiro atoms. The molecule has 3 aromatic rings. The van der Waals surface area contributed by atoms with Crippen molar-refractivity contribution in [2.24, 2.45) is 7.05 Å². The number of aromatic nitrogens is 3. The van der Waals surface area contributed by atoms with E-state index in [0.29, 0.717) is 23.1 Å². The van der Waals surface area contributed by atoms with Gasteiger partial charge in [0.2, 0.25) is 0 Å². The molecule has 0 N–H and O–H groups in total. The molecule has 0 saturated carbocycles. The zero-order valence-electron chi connectivity index (χ0n) is 16.8. The third-order valence-corrected chi connectivity index (χ3v) is 5.47. The first-order chi connectivity index (χ1) is 13.9. The quantitative estimate of drug-likeness (QED) is 0.684. The lowest BCUT2D eigenvalue weighted by atomic mass is 10.1.